The summed E-state index contributed by atoms with van der Waals surface area (Å²) in [4.78, 5) is 4.16. The first kappa shape index (κ1) is 14.5. The molecular weight excluding hydrogens is 268 g/mol. The van der Waals surface area contributed by atoms with Crippen molar-refractivity contribution < 1.29 is 4.74 Å². The van der Waals surface area contributed by atoms with Gasteiger partial charge in [0.25, 0.3) is 0 Å². The monoisotopic (exact) mass is 294 g/mol. The molecule has 3 rings (SSSR count). The highest BCUT2D eigenvalue weighted by atomic mass is 32.1. The van der Waals surface area contributed by atoms with Crippen molar-refractivity contribution in [1.82, 2.24) is 10.2 Å². The third kappa shape index (κ3) is 4.04. The second kappa shape index (κ2) is 7.03. The lowest BCUT2D eigenvalue weighted by Crippen LogP contribution is -2.42. The van der Waals surface area contributed by atoms with E-state index >= 15 is 0 Å². The second-order valence-corrected chi connectivity index (χ2v) is 7.16. The highest BCUT2D eigenvalue weighted by molar-refractivity contribution is 7.09. The molecule has 2 aliphatic rings. The Morgan fingerprint density at radius 2 is 2.35 bits per heavy atom. The average Bonchev–Trinajstić information content (AvgIpc) is 2.93. The van der Waals surface area contributed by atoms with Crippen molar-refractivity contribution in [3.63, 3.8) is 0 Å². The number of hydrogen-bond donors (Lipinski definition) is 1. The highest BCUT2D eigenvalue weighted by Gasteiger charge is 2.32. The van der Waals surface area contributed by atoms with Crippen molar-refractivity contribution in [2.45, 2.75) is 57.3 Å². The molecule has 1 aromatic rings. The molecule has 0 amide bonds. The largest absolute Gasteiger partial charge is 0.377 e. The molecule has 1 aliphatic heterocycles. The fourth-order valence-electron chi connectivity index (χ4n) is 3.01. The first-order valence-electron chi connectivity index (χ1n) is 7.93. The van der Waals surface area contributed by atoms with E-state index in [4.69, 9.17) is 4.74 Å². The van der Waals surface area contributed by atoms with E-state index in [1.807, 2.05) is 11.3 Å². The highest BCUT2D eigenvalue weighted by Crippen LogP contribution is 2.30. The molecule has 4 heteroatoms. The van der Waals surface area contributed by atoms with Crippen LogP contribution in [0.15, 0.2) is 17.5 Å². The van der Waals surface area contributed by atoms with Gasteiger partial charge in [-0.25, -0.2) is 0 Å². The smallest absolute Gasteiger partial charge is 0.0700 e. The van der Waals surface area contributed by atoms with Gasteiger partial charge in [-0.2, -0.15) is 0 Å². The maximum atomic E-state index is 5.67. The minimum absolute atomic E-state index is 0.453. The van der Waals surface area contributed by atoms with Crippen LogP contribution in [-0.4, -0.2) is 42.8 Å². The van der Waals surface area contributed by atoms with Crippen molar-refractivity contribution in [3.05, 3.63) is 22.4 Å². The molecular formula is C16H26N2OS. The number of nitrogens with zero attached hydrogens (tertiary/aromatic N) is 1. The van der Waals surface area contributed by atoms with Crippen LogP contribution in [0.5, 0.6) is 0 Å². The Hall–Kier alpha value is -0.420. The van der Waals surface area contributed by atoms with Crippen LogP contribution >= 0.6 is 11.3 Å². The maximum Gasteiger partial charge on any atom is 0.0700 e. The van der Waals surface area contributed by atoms with E-state index < -0.39 is 0 Å². The molecule has 1 saturated heterocycles. The van der Waals surface area contributed by atoms with E-state index in [1.54, 1.807) is 0 Å². The average molecular weight is 294 g/mol. The predicted molar refractivity (Wildman–Crippen MR) is 84.2 cm³/mol. The van der Waals surface area contributed by atoms with Gasteiger partial charge in [0.2, 0.25) is 0 Å². The van der Waals surface area contributed by atoms with Crippen LogP contribution < -0.4 is 5.32 Å². The Bertz CT molecular complexity index is 385. The summed E-state index contributed by atoms with van der Waals surface area (Å²) in [6.07, 6.45) is 5.66. The van der Waals surface area contributed by atoms with Gasteiger partial charge in [-0.15, -0.1) is 11.3 Å². The number of rotatable bonds is 8. The van der Waals surface area contributed by atoms with E-state index in [9.17, 15) is 0 Å². The van der Waals surface area contributed by atoms with Crippen molar-refractivity contribution in [1.29, 1.82) is 0 Å². The zero-order valence-corrected chi connectivity index (χ0v) is 13.2. The minimum atomic E-state index is 0.453. The summed E-state index contributed by atoms with van der Waals surface area (Å²) in [5, 5.41) is 5.79. The summed E-state index contributed by atoms with van der Waals surface area (Å²) in [6, 6.07) is 5.83. The lowest BCUT2D eigenvalue weighted by molar-refractivity contribution is 0.106. The van der Waals surface area contributed by atoms with E-state index in [0.29, 0.717) is 12.1 Å². The van der Waals surface area contributed by atoms with E-state index in [0.717, 1.165) is 32.3 Å². The van der Waals surface area contributed by atoms with Gasteiger partial charge in [-0.3, -0.25) is 4.90 Å². The van der Waals surface area contributed by atoms with Crippen LogP contribution in [0.1, 0.15) is 37.5 Å². The van der Waals surface area contributed by atoms with Gasteiger partial charge >= 0.3 is 0 Å². The number of nitrogens with one attached hydrogen (secondary N) is 1. The quantitative estimate of drug-likeness (QED) is 0.798. The van der Waals surface area contributed by atoms with Gasteiger partial charge in [0, 0.05) is 43.2 Å². The molecule has 0 radical (unpaired) electrons. The number of ether oxygens (including phenoxy) is 1. The molecule has 3 nitrogen and oxygen atoms in total. The molecule has 0 bridgehead atoms. The molecule has 2 atom stereocenters. The van der Waals surface area contributed by atoms with Crippen LogP contribution in [0.25, 0.3) is 0 Å². The SMILES string of the molecule is CC(CNCC1CCCO1)N(Cc1cccs1)C1CC1. The maximum absolute atomic E-state index is 5.67. The Kier molecular flexibility index (Phi) is 5.10. The van der Waals surface area contributed by atoms with Gasteiger partial charge < -0.3 is 10.1 Å². The number of thiophene rings is 1. The fraction of sp³-hybridized carbons (Fsp3) is 0.750. The van der Waals surface area contributed by atoms with Gasteiger partial charge in [0.1, 0.15) is 0 Å². The molecule has 1 aromatic heterocycles. The van der Waals surface area contributed by atoms with Gasteiger partial charge in [-0.05, 0) is 44.1 Å². The molecule has 1 saturated carbocycles. The summed E-state index contributed by atoms with van der Waals surface area (Å²) in [5.74, 6) is 0. The zero-order chi connectivity index (χ0) is 13.8. The fourth-order valence-corrected chi connectivity index (χ4v) is 3.72. The van der Waals surface area contributed by atoms with E-state index in [1.165, 1.54) is 30.6 Å². The van der Waals surface area contributed by atoms with Crippen LogP contribution in [0.3, 0.4) is 0 Å². The van der Waals surface area contributed by atoms with Crippen LogP contribution in [-0.2, 0) is 11.3 Å². The lowest BCUT2D eigenvalue weighted by atomic mass is 10.2. The first-order chi connectivity index (χ1) is 9.83. The van der Waals surface area contributed by atoms with E-state index in [-0.39, 0.29) is 0 Å². The third-order valence-corrected chi connectivity index (χ3v) is 5.20. The first-order valence-corrected chi connectivity index (χ1v) is 8.81. The summed E-state index contributed by atoms with van der Waals surface area (Å²) in [5.41, 5.74) is 0. The third-order valence-electron chi connectivity index (χ3n) is 4.34. The van der Waals surface area contributed by atoms with Crippen LogP contribution in [0, 0.1) is 0 Å². The molecule has 0 aromatic carbocycles. The summed E-state index contributed by atoms with van der Waals surface area (Å²) >= 11 is 1.88. The van der Waals surface area contributed by atoms with Crippen molar-refractivity contribution in [2.75, 3.05) is 19.7 Å². The van der Waals surface area contributed by atoms with Gasteiger partial charge in [0.15, 0.2) is 0 Å². The summed E-state index contributed by atoms with van der Waals surface area (Å²) in [6.45, 7) is 6.51. The van der Waals surface area contributed by atoms with Gasteiger partial charge in [0.05, 0.1) is 6.10 Å². The predicted octanol–water partition coefficient (Wildman–Crippen LogP) is 2.87. The Morgan fingerprint density at radius 1 is 1.45 bits per heavy atom. The van der Waals surface area contributed by atoms with Crippen LogP contribution in [0.2, 0.25) is 0 Å². The van der Waals surface area contributed by atoms with E-state index in [2.05, 4.69) is 34.7 Å². The van der Waals surface area contributed by atoms with Crippen molar-refractivity contribution in [3.8, 4) is 0 Å². The topological polar surface area (TPSA) is 24.5 Å². The molecule has 2 heterocycles. The van der Waals surface area contributed by atoms with Gasteiger partial charge in [-0.1, -0.05) is 6.07 Å². The normalized spacial score (nSPS) is 24.4. The lowest BCUT2D eigenvalue weighted by Gasteiger charge is -2.29. The molecule has 112 valence electrons. The standard InChI is InChI=1S/C16H26N2OS/c1-13(10-17-11-15-4-2-8-19-15)18(14-6-7-14)12-16-5-3-9-20-16/h3,5,9,13-15,17H,2,4,6-8,10-12H2,1H3. The minimum Gasteiger partial charge on any atom is -0.377 e. The summed E-state index contributed by atoms with van der Waals surface area (Å²) in [7, 11) is 0. The molecule has 0 spiro atoms. The number of hydrogen-bond acceptors (Lipinski definition) is 4. The molecule has 2 unspecified atom stereocenters. The zero-order valence-electron chi connectivity index (χ0n) is 12.4. The Labute approximate surface area is 126 Å². The second-order valence-electron chi connectivity index (χ2n) is 6.13. The van der Waals surface area contributed by atoms with Crippen LogP contribution in [0.4, 0.5) is 0 Å². The molecule has 20 heavy (non-hydrogen) atoms. The molecule has 2 fully saturated rings. The summed E-state index contributed by atoms with van der Waals surface area (Å²) < 4.78 is 5.67. The van der Waals surface area contributed by atoms with Crippen molar-refractivity contribution >= 4 is 11.3 Å². The molecule has 1 N–H and O–H groups in total. The van der Waals surface area contributed by atoms with Crippen molar-refractivity contribution in [2.24, 2.45) is 0 Å². The Balaban J connectivity index is 1.44. The molecule has 1 aliphatic carbocycles. The Morgan fingerprint density at radius 3 is 3.00 bits per heavy atom.